The maximum atomic E-state index is 14.0. The number of aryl methyl sites for hydroxylation is 1. The number of nitrogens with one attached hydrogen (secondary N) is 1. The molecule has 22 heavy (non-hydrogen) atoms. The molecule has 1 aliphatic heterocycles. The van der Waals surface area contributed by atoms with Crippen molar-refractivity contribution in [2.45, 2.75) is 43.5 Å². The molecular formula is C16H23FN2O2S. The van der Waals surface area contributed by atoms with Crippen molar-refractivity contribution >= 4 is 10.0 Å². The van der Waals surface area contributed by atoms with Crippen molar-refractivity contribution in [3.63, 3.8) is 0 Å². The van der Waals surface area contributed by atoms with Gasteiger partial charge in [-0.1, -0.05) is 12.1 Å². The van der Waals surface area contributed by atoms with Crippen LogP contribution in [0.4, 0.5) is 4.39 Å². The summed E-state index contributed by atoms with van der Waals surface area (Å²) in [7, 11) is -3.74. The van der Waals surface area contributed by atoms with Crippen molar-refractivity contribution in [3.05, 3.63) is 29.6 Å². The molecule has 1 heterocycles. The summed E-state index contributed by atoms with van der Waals surface area (Å²) in [5, 5.41) is 3.52. The summed E-state index contributed by atoms with van der Waals surface area (Å²) in [6.45, 7) is 3.60. The second-order valence-corrected chi connectivity index (χ2v) is 8.29. The highest BCUT2D eigenvalue weighted by Crippen LogP contribution is 2.29. The van der Waals surface area contributed by atoms with Crippen molar-refractivity contribution in [3.8, 4) is 0 Å². The van der Waals surface area contributed by atoms with E-state index in [4.69, 9.17) is 0 Å². The molecule has 4 nitrogen and oxygen atoms in total. The van der Waals surface area contributed by atoms with Gasteiger partial charge in [-0.25, -0.2) is 12.8 Å². The highest BCUT2D eigenvalue weighted by atomic mass is 32.2. The Labute approximate surface area is 131 Å². The van der Waals surface area contributed by atoms with Gasteiger partial charge < -0.3 is 5.32 Å². The van der Waals surface area contributed by atoms with Crippen LogP contribution in [0.1, 0.15) is 31.2 Å². The molecule has 0 amide bonds. The normalized spacial score (nSPS) is 21.2. The average molecular weight is 326 g/mol. The Morgan fingerprint density at radius 3 is 2.50 bits per heavy atom. The lowest BCUT2D eigenvalue weighted by Gasteiger charge is -2.32. The number of benzene rings is 1. The average Bonchev–Trinajstić information content (AvgIpc) is 3.29. The largest absolute Gasteiger partial charge is 0.314 e. The molecule has 1 N–H and O–H groups in total. The Morgan fingerprint density at radius 1 is 1.23 bits per heavy atom. The van der Waals surface area contributed by atoms with Crippen molar-refractivity contribution in [2.75, 3.05) is 19.6 Å². The topological polar surface area (TPSA) is 49.4 Å². The lowest BCUT2D eigenvalue weighted by molar-refractivity contribution is 0.287. The monoisotopic (exact) mass is 326 g/mol. The van der Waals surface area contributed by atoms with Crippen LogP contribution in [0.2, 0.25) is 0 Å². The summed E-state index contributed by atoms with van der Waals surface area (Å²) >= 11 is 0. The molecule has 6 heteroatoms. The van der Waals surface area contributed by atoms with Gasteiger partial charge in [-0.3, -0.25) is 0 Å². The van der Waals surface area contributed by atoms with E-state index in [1.165, 1.54) is 29.3 Å². The van der Waals surface area contributed by atoms with Gasteiger partial charge in [0.1, 0.15) is 10.7 Å². The van der Waals surface area contributed by atoms with Crippen LogP contribution in [0, 0.1) is 18.7 Å². The summed E-state index contributed by atoms with van der Waals surface area (Å²) in [6, 6.07) is 4.77. The standard InChI is InChI=1S/C16H23FN2O2S/c1-12-3-2-4-15(17)16(12)22(20,21)19-9-7-14(8-10-19)18-11-13-5-6-13/h2-4,13-14,18H,5-11H2,1H3. The third-order valence-electron chi connectivity index (χ3n) is 4.61. The number of rotatable bonds is 5. The van der Waals surface area contributed by atoms with Crippen LogP contribution in [0.15, 0.2) is 23.1 Å². The van der Waals surface area contributed by atoms with E-state index in [0.717, 1.165) is 25.3 Å². The molecule has 1 saturated carbocycles. The Morgan fingerprint density at radius 2 is 1.91 bits per heavy atom. The van der Waals surface area contributed by atoms with Gasteiger partial charge in [0, 0.05) is 19.1 Å². The molecule has 1 saturated heterocycles. The number of hydrogen-bond donors (Lipinski definition) is 1. The van der Waals surface area contributed by atoms with E-state index in [-0.39, 0.29) is 4.90 Å². The third kappa shape index (κ3) is 3.34. The number of piperidine rings is 1. The summed E-state index contributed by atoms with van der Waals surface area (Å²) < 4.78 is 40.8. The van der Waals surface area contributed by atoms with E-state index in [1.807, 2.05) is 0 Å². The highest BCUT2D eigenvalue weighted by molar-refractivity contribution is 7.89. The molecule has 1 aromatic carbocycles. The SMILES string of the molecule is Cc1cccc(F)c1S(=O)(=O)N1CCC(NCC2CC2)CC1. The molecule has 3 rings (SSSR count). The molecule has 2 fully saturated rings. The van der Waals surface area contributed by atoms with Crippen LogP contribution in [-0.2, 0) is 10.0 Å². The number of halogens is 1. The van der Waals surface area contributed by atoms with Crippen LogP contribution in [0.25, 0.3) is 0 Å². The predicted molar refractivity (Wildman–Crippen MR) is 83.6 cm³/mol. The van der Waals surface area contributed by atoms with Crippen LogP contribution >= 0.6 is 0 Å². The van der Waals surface area contributed by atoms with Gasteiger partial charge in [-0.15, -0.1) is 0 Å². The molecular weight excluding hydrogens is 303 g/mol. The minimum absolute atomic E-state index is 0.167. The minimum atomic E-state index is -3.74. The molecule has 2 aliphatic rings. The lowest BCUT2D eigenvalue weighted by Crippen LogP contribution is -2.45. The van der Waals surface area contributed by atoms with Gasteiger partial charge in [0.15, 0.2) is 0 Å². The fourth-order valence-corrected chi connectivity index (χ4v) is 4.77. The first-order valence-electron chi connectivity index (χ1n) is 7.97. The second kappa shape index (κ2) is 6.26. The van der Waals surface area contributed by atoms with Crippen LogP contribution < -0.4 is 5.32 Å². The Kier molecular flexibility index (Phi) is 4.52. The van der Waals surface area contributed by atoms with Gasteiger partial charge in [0.25, 0.3) is 0 Å². The number of sulfonamides is 1. The Bertz CT molecular complexity index is 615. The van der Waals surface area contributed by atoms with Gasteiger partial charge >= 0.3 is 0 Å². The van der Waals surface area contributed by atoms with Crippen LogP contribution in [-0.4, -0.2) is 38.4 Å². The molecule has 0 unspecified atom stereocenters. The van der Waals surface area contributed by atoms with Crippen molar-refractivity contribution < 1.29 is 12.8 Å². The molecule has 0 radical (unpaired) electrons. The zero-order valence-corrected chi connectivity index (χ0v) is 13.7. The molecule has 0 atom stereocenters. The lowest BCUT2D eigenvalue weighted by atomic mass is 10.1. The first-order valence-corrected chi connectivity index (χ1v) is 9.41. The summed E-state index contributed by atoms with van der Waals surface area (Å²) in [4.78, 5) is -0.167. The van der Waals surface area contributed by atoms with Gasteiger partial charge in [-0.05, 0) is 56.7 Å². The van der Waals surface area contributed by atoms with Crippen molar-refractivity contribution in [1.29, 1.82) is 0 Å². The zero-order valence-electron chi connectivity index (χ0n) is 12.9. The van der Waals surface area contributed by atoms with Gasteiger partial charge in [-0.2, -0.15) is 4.31 Å². The third-order valence-corrected chi connectivity index (χ3v) is 6.69. The van der Waals surface area contributed by atoms with Crippen LogP contribution in [0.5, 0.6) is 0 Å². The highest BCUT2D eigenvalue weighted by Gasteiger charge is 2.32. The van der Waals surface area contributed by atoms with Gasteiger partial charge in [0.2, 0.25) is 10.0 Å². The Balaban J connectivity index is 1.66. The summed E-state index contributed by atoms with van der Waals surface area (Å²) in [5.41, 5.74) is 0.467. The maximum absolute atomic E-state index is 14.0. The Hall–Kier alpha value is -0.980. The molecule has 1 aromatic rings. The quantitative estimate of drug-likeness (QED) is 0.903. The van der Waals surface area contributed by atoms with Crippen LogP contribution in [0.3, 0.4) is 0 Å². The van der Waals surface area contributed by atoms with E-state index >= 15 is 0 Å². The fraction of sp³-hybridized carbons (Fsp3) is 0.625. The van der Waals surface area contributed by atoms with E-state index in [0.29, 0.717) is 24.7 Å². The predicted octanol–water partition coefficient (Wildman–Crippen LogP) is 2.29. The smallest absolute Gasteiger partial charge is 0.246 e. The molecule has 0 bridgehead atoms. The number of nitrogens with zero attached hydrogens (tertiary/aromatic N) is 1. The summed E-state index contributed by atoms with van der Waals surface area (Å²) in [6.07, 6.45) is 4.21. The number of hydrogen-bond acceptors (Lipinski definition) is 3. The van der Waals surface area contributed by atoms with E-state index in [9.17, 15) is 12.8 Å². The molecule has 0 aromatic heterocycles. The first-order chi connectivity index (χ1) is 10.5. The molecule has 1 aliphatic carbocycles. The maximum Gasteiger partial charge on any atom is 0.246 e. The fourth-order valence-electron chi connectivity index (χ4n) is 3.03. The first kappa shape index (κ1) is 15.9. The van der Waals surface area contributed by atoms with Gasteiger partial charge in [0.05, 0.1) is 0 Å². The zero-order chi connectivity index (χ0) is 15.7. The van der Waals surface area contributed by atoms with Crippen molar-refractivity contribution in [2.24, 2.45) is 5.92 Å². The molecule has 122 valence electrons. The van der Waals surface area contributed by atoms with Crippen molar-refractivity contribution in [1.82, 2.24) is 9.62 Å². The summed E-state index contributed by atoms with van der Waals surface area (Å²) in [5.74, 6) is 0.164. The van der Waals surface area contributed by atoms with E-state index < -0.39 is 15.8 Å². The molecule has 0 spiro atoms. The minimum Gasteiger partial charge on any atom is -0.314 e. The van der Waals surface area contributed by atoms with E-state index in [2.05, 4.69) is 5.32 Å². The second-order valence-electron chi connectivity index (χ2n) is 6.42. The van der Waals surface area contributed by atoms with E-state index in [1.54, 1.807) is 13.0 Å².